The molecule has 3 rings (SSSR count). The summed E-state index contributed by atoms with van der Waals surface area (Å²) in [5.41, 5.74) is 4.13. The zero-order valence-electron chi connectivity index (χ0n) is 12.5. The second kappa shape index (κ2) is 6.72. The number of ether oxygens (including phenoxy) is 1. The fourth-order valence-corrected chi connectivity index (χ4v) is 3.00. The van der Waals surface area contributed by atoms with Crippen molar-refractivity contribution in [2.75, 3.05) is 13.7 Å². The third-order valence-electron chi connectivity index (χ3n) is 4.19. The summed E-state index contributed by atoms with van der Waals surface area (Å²) in [6, 6.07) is 11.1. The molecule has 1 heterocycles. The highest BCUT2D eigenvalue weighted by Gasteiger charge is 2.19. The van der Waals surface area contributed by atoms with Crippen molar-refractivity contribution in [3.8, 4) is 5.75 Å². The van der Waals surface area contributed by atoms with Gasteiger partial charge in [0.2, 0.25) is 0 Å². The Hall–Kier alpha value is -1.87. The number of pyridine rings is 1. The summed E-state index contributed by atoms with van der Waals surface area (Å²) in [4.78, 5) is 4.03. The number of nitrogens with one attached hydrogen (secondary N) is 1. The molecule has 0 radical (unpaired) electrons. The van der Waals surface area contributed by atoms with E-state index in [1.54, 1.807) is 0 Å². The van der Waals surface area contributed by atoms with Crippen molar-refractivity contribution in [3.05, 3.63) is 59.4 Å². The number of nitrogens with zero attached hydrogens (tertiary/aromatic N) is 1. The Morgan fingerprint density at radius 1 is 1.24 bits per heavy atom. The summed E-state index contributed by atoms with van der Waals surface area (Å²) in [7, 11) is 2.04. The Labute approximate surface area is 126 Å². The molecule has 0 spiro atoms. The maximum absolute atomic E-state index is 5.92. The Morgan fingerprint density at radius 2 is 2.10 bits per heavy atom. The highest BCUT2D eigenvalue weighted by Crippen LogP contribution is 2.32. The normalized spacial score (nSPS) is 17.3. The second-order valence-electron chi connectivity index (χ2n) is 5.55. The van der Waals surface area contributed by atoms with Crippen LogP contribution in [0.15, 0.2) is 42.7 Å². The topological polar surface area (TPSA) is 34.1 Å². The van der Waals surface area contributed by atoms with Gasteiger partial charge in [-0.1, -0.05) is 6.07 Å². The van der Waals surface area contributed by atoms with Crippen LogP contribution in [-0.4, -0.2) is 18.6 Å². The molecule has 1 aromatic carbocycles. The van der Waals surface area contributed by atoms with E-state index in [4.69, 9.17) is 4.74 Å². The predicted octanol–water partition coefficient (Wildman–Crippen LogP) is 3.30. The first-order chi connectivity index (χ1) is 10.4. The van der Waals surface area contributed by atoms with E-state index in [0.29, 0.717) is 12.6 Å². The lowest BCUT2D eigenvalue weighted by atomic mass is 9.87. The fourth-order valence-electron chi connectivity index (χ4n) is 3.00. The number of aromatic nitrogens is 1. The van der Waals surface area contributed by atoms with Crippen LogP contribution in [0.4, 0.5) is 0 Å². The molecule has 1 aliphatic rings. The minimum Gasteiger partial charge on any atom is -0.493 e. The van der Waals surface area contributed by atoms with Gasteiger partial charge < -0.3 is 10.1 Å². The molecule has 0 saturated heterocycles. The molecule has 1 aliphatic carbocycles. The van der Waals surface area contributed by atoms with E-state index >= 15 is 0 Å². The molecule has 1 N–H and O–H groups in total. The zero-order chi connectivity index (χ0) is 14.5. The van der Waals surface area contributed by atoms with Crippen LogP contribution >= 0.6 is 0 Å². The second-order valence-corrected chi connectivity index (χ2v) is 5.55. The molecule has 0 aliphatic heterocycles. The van der Waals surface area contributed by atoms with E-state index in [1.165, 1.54) is 36.0 Å². The maximum atomic E-state index is 5.92. The Bertz CT molecular complexity index is 583. The molecular formula is C18H22N2O. The first-order valence-corrected chi connectivity index (χ1v) is 7.68. The number of aryl methyl sites for hydroxylation is 1. The molecule has 1 atom stereocenters. The van der Waals surface area contributed by atoms with E-state index < -0.39 is 0 Å². The first-order valence-electron chi connectivity index (χ1n) is 7.68. The molecule has 2 aromatic rings. The van der Waals surface area contributed by atoms with Gasteiger partial charge >= 0.3 is 0 Å². The number of fused-ring (bicyclic) bond motifs is 1. The average Bonchev–Trinajstić information content (AvgIpc) is 2.55. The standard InChI is InChI=1S/C18H22N2O/c1-19-18-4-2-3-15-5-6-16(13-17(15)18)21-12-9-14-7-10-20-11-8-14/h5-8,10-11,13,18-19H,2-4,9,12H2,1H3. The van der Waals surface area contributed by atoms with Gasteiger partial charge in [-0.2, -0.15) is 0 Å². The van der Waals surface area contributed by atoms with Crippen LogP contribution in [0.1, 0.15) is 35.6 Å². The Morgan fingerprint density at radius 3 is 2.90 bits per heavy atom. The van der Waals surface area contributed by atoms with Crippen molar-refractivity contribution in [2.45, 2.75) is 31.7 Å². The molecule has 1 aromatic heterocycles. The fraction of sp³-hybridized carbons (Fsp3) is 0.389. The van der Waals surface area contributed by atoms with Crippen molar-refractivity contribution in [1.29, 1.82) is 0 Å². The monoisotopic (exact) mass is 282 g/mol. The summed E-state index contributed by atoms with van der Waals surface area (Å²) in [5.74, 6) is 0.977. The molecule has 1 unspecified atom stereocenters. The predicted molar refractivity (Wildman–Crippen MR) is 84.6 cm³/mol. The molecule has 3 nitrogen and oxygen atoms in total. The van der Waals surface area contributed by atoms with Gasteiger partial charge in [-0.25, -0.2) is 0 Å². The first kappa shape index (κ1) is 14.1. The summed E-state index contributed by atoms with van der Waals surface area (Å²) < 4.78 is 5.92. The van der Waals surface area contributed by atoms with Crippen molar-refractivity contribution in [2.24, 2.45) is 0 Å². The smallest absolute Gasteiger partial charge is 0.119 e. The molecule has 0 amide bonds. The number of hydrogen-bond donors (Lipinski definition) is 1. The summed E-state index contributed by atoms with van der Waals surface area (Å²) in [6.45, 7) is 0.701. The van der Waals surface area contributed by atoms with Gasteiger partial charge in [-0.05, 0) is 67.3 Å². The van der Waals surface area contributed by atoms with Gasteiger partial charge in [0, 0.05) is 24.9 Å². The van der Waals surface area contributed by atoms with Gasteiger partial charge in [0.25, 0.3) is 0 Å². The summed E-state index contributed by atoms with van der Waals surface area (Å²) >= 11 is 0. The Balaban J connectivity index is 1.64. The van der Waals surface area contributed by atoms with Gasteiger partial charge in [0.15, 0.2) is 0 Å². The van der Waals surface area contributed by atoms with E-state index in [0.717, 1.165) is 12.2 Å². The van der Waals surface area contributed by atoms with Crippen LogP contribution in [0, 0.1) is 0 Å². The highest BCUT2D eigenvalue weighted by molar-refractivity contribution is 5.39. The quantitative estimate of drug-likeness (QED) is 0.913. The average molecular weight is 282 g/mol. The van der Waals surface area contributed by atoms with E-state index in [2.05, 4.69) is 28.5 Å². The highest BCUT2D eigenvalue weighted by atomic mass is 16.5. The lowest BCUT2D eigenvalue weighted by Gasteiger charge is -2.25. The van der Waals surface area contributed by atoms with E-state index in [9.17, 15) is 0 Å². The lowest BCUT2D eigenvalue weighted by molar-refractivity contribution is 0.320. The minimum absolute atomic E-state index is 0.470. The van der Waals surface area contributed by atoms with Crippen molar-refractivity contribution < 1.29 is 4.74 Å². The summed E-state index contributed by atoms with van der Waals surface area (Å²) in [5, 5.41) is 3.41. The third-order valence-corrected chi connectivity index (χ3v) is 4.19. The van der Waals surface area contributed by atoms with Crippen LogP contribution in [-0.2, 0) is 12.8 Å². The molecular weight excluding hydrogens is 260 g/mol. The number of benzene rings is 1. The molecule has 0 saturated carbocycles. The number of hydrogen-bond acceptors (Lipinski definition) is 3. The molecule has 0 fully saturated rings. The third kappa shape index (κ3) is 3.42. The van der Waals surface area contributed by atoms with Crippen molar-refractivity contribution in [3.63, 3.8) is 0 Å². The van der Waals surface area contributed by atoms with Gasteiger partial charge in [-0.3, -0.25) is 4.98 Å². The van der Waals surface area contributed by atoms with Gasteiger partial charge in [0.05, 0.1) is 6.61 Å². The van der Waals surface area contributed by atoms with Crippen LogP contribution in [0.25, 0.3) is 0 Å². The molecule has 110 valence electrons. The van der Waals surface area contributed by atoms with E-state index in [1.807, 2.05) is 31.6 Å². The van der Waals surface area contributed by atoms with E-state index in [-0.39, 0.29) is 0 Å². The van der Waals surface area contributed by atoms with Crippen molar-refractivity contribution in [1.82, 2.24) is 10.3 Å². The molecule has 21 heavy (non-hydrogen) atoms. The Kier molecular flexibility index (Phi) is 4.51. The largest absolute Gasteiger partial charge is 0.493 e. The number of rotatable bonds is 5. The SMILES string of the molecule is CNC1CCCc2ccc(OCCc3ccncc3)cc21. The molecule has 3 heteroatoms. The lowest BCUT2D eigenvalue weighted by Crippen LogP contribution is -2.21. The minimum atomic E-state index is 0.470. The zero-order valence-corrected chi connectivity index (χ0v) is 12.5. The van der Waals surface area contributed by atoms with Gasteiger partial charge in [0.1, 0.15) is 5.75 Å². The molecule has 0 bridgehead atoms. The summed E-state index contributed by atoms with van der Waals surface area (Å²) in [6.07, 6.45) is 8.22. The van der Waals surface area contributed by atoms with Crippen LogP contribution in [0.3, 0.4) is 0 Å². The maximum Gasteiger partial charge on any atom is 0.119 e. The van der Waals surface area contributed by atoms with Crippen LogP contribution in [0.5, 0.6) is 5.75 Å². The van der Waals surface area contributed by atoms with Crippen molar-refractivity contribution >= 4 is 0 Å². The van der Waals surface area contributed by atoms with Crippen LogP contribution in [0.2, 0.25) is 0 Å². The van der Waals surface area contributed by atoms with Crippen LogP contribution < -0.4 is 10.1 Å². The van der Waals surface area contributed by atoms with Gasteiger partial charge in [-0.15, -0.1) is 0 Å².